The summed E-state index contributed by atoms with van der Waals surface area (Å²) in [7, 11) is 1.91. The molecule has 1 aromatic heterocycles. The van der Waals surface area contributed by atoms with Crippen LogP contribution in [0.15, 0.2) is 30.5 Å². The van der Waals surface area contributed by atoms with Crippen molar-refractivity contribution in [2.75, 3.05) is 13.6 Å². The summed E-state index contributed by atoms with van der Waals surface area (Å²) >= 11 is 0. The lowest BCUT2D eigenvalue weighted by Crippen LogP contribution is -2.14. The van der Waals surface area contributed by atoms with Gasteiger partial charge in [0.05, 0.1) is 5.52 Å². The van der Waals surface area contributed by atoms with Crippen LogP contribution < -0.4 is 5.32 Å². The van der Waals surface area contributed by atoms with E-state index in [-0.39, 0.29) is 5.82 Å². The van der Waals surface area contributed by atoms with E-state index in [9.17, 15) is 4.39 Å². The van der Waals surface area contributed by atoms with Crippen LogP contribution in [0.3, 0.4) is 0 Å². The number of rotatable bonds is 3. The number of benzene rings is 1. The van der Waals surface area contributed by atoms with Gasteiger partial charge in [0, 0.05) is 19.3 Å². The van der Waals surface area contributed by atoms with E-state index in [2.05, 4.69) is 9.88 Å². The quantitative estimate of drug-likeness (QED) is 0.787. The zero-order chi connectivity index (χ0) is 9.97. The van der Waals surface area contributed by atoms with Crippen LogP contribution in [0.25, 0.3) is 10.9 Å². The van der Waals surface area contributed by atoms with Gasteiger partial charge in [0.1, 0.15) is 5.82 Å². The molecule has 0 aliphatic rings. The van der Waals surface area contributed by atoms with Crippen molar-refractivity contribution < 1.29 is 4.39 Å². The fourth-order valence-corrected chi connectivity index (χ4v) is 1.58. The van der Waals surface area contributed by atoms with Gasteiger partial charge in [-0.2, -0.15) is 0 Å². The second-order valence-corrected chi connectivity index (χ2v) is 3.32. The van der Waals surface area contributed by atoms with Crippen LogP contribution in [0.1, 0.15) is 0 Å². The number of halogens is 1. The third kappa shape index (κ3) is 1.63. The molecule has 0 saturated carbocycles. The summed E-state index contributed by atoms with van der Waals surface area (Å²) in [5.74, 6) is -0.179. The molecule has 1 N–H and O–H groups in total. The van der Waals surface area contributed by atoms with Crippen molar-refractivity contribution in [1.82, 2.24) is 9.88 Å². The summed E-state index contributed by atoms with van der Waals surface area (Å²) < 4.78 is 15.0. The minimum atomic E-state index is -0.179. The van der Waals surface area contributed by atoms with Gasteiger partial charge in [0.15, 0.2) is 0 Å². The molecule has 1 aromatic carbocycles. The average molecular weight is 192 g/mol. The van der Waals surface area contributed by atoms with Crippen molar-refractivity contribution in [2.24, 2.45) is 0 Å². The predicted octanol–water partition coefficient (Wildman–Crippen LogP) is 2.00. The first-order valence-corrected chi connectivity index (χ1v) is 4.70. The van der Waals surface area contributed by atoms with Gasteiger partial charge < -0.3 is 9.88 Å². The Balaban J connectivity index is 2.40. The fraction of sp³-hybridized carbons (Fsp3) is 0.273. The van der Waals surface area contributed by atoms with Gasteiger partial charge in [-0.25, -0.2) is 4.39 Å². The Hall–Kier alpha value is -1.35. The van der Waals surface area contributed by atoms with Crippen LogP contribution in [0.5, 0.6) is 0 Å². The van der Waals surface area contributed by atoms with Gasteiger partial charge in [-0.3, -0.25) is 0 Å². The maximum absolute atomic E-state index is 13.0. The van der Waals surface area contributed by atoms with E-state index in [1.54, 1.807) is 12.1 Å². The van der Waals surface area contributed by atoms with Crippen molar-refractivity contribution in [1.29, 1.82) is 0 Å². The molecule has 3 heteroatoms. The van der Waals surface area contributed by atoms with Gasteiger partial charge >= 0.3 is 0 Å². The van der Waals surface area contributed by atoms with E-state index in [0.29, 0.717) is 0 Å². The molecular weight excluding hydrogens is 179 g/mol. The normalized spacial score (nSPS) is 11.0. The largest absolute Gasteiger partial charge is 0.346 e. The molecule has 2 rings (SSSR count). The summed E-state index contributed by atoms with van der Waals surface area (Å²) in [4.78, 5) is 0. The van der Waals surface area contributed by atoms with Gasteiger partial charge in [-0.15, -0.1) is 0 Å². The Labute approximate surface area is 82.3 Å². The molecular formula is C11H13FN2. The Morgan fingerprint density at radius 3 is 3.00 bits per heavy atom. The molecule has 0 aliphatic heterocycles. The zero-order valence-corrected chi connectivity index (χ0v) is 8.13. The molecule has 0 unspecified atom stereocenters. The van der Waals surface area contributed by atoms with Gasteiger partial charge in [0.2, 0.25) is 0 Å². The van der Waals surface area contributed by atoms with Crippen LogP contribution in [-0.4, -0.2) is 18.2 Å². The molecule has 0 atom stereocenters. The third-order valence-electron chi connectivity index (χ3n) is 2.34. The number of aromatic nitrogens is 1. The first kappa shape index (κ1) is 9.21. The van der Waals surface area contributed by atoms with Crippen molar-refractivity contribution in [3.05, 3.63) is 36.3 Å². The second kappa shape index (κ2) is 3.80. The lowest BCUT2D eigenvalue weighted by Gasteiger charge is -2.04. The lowest BCUT2D eigenvalue weighted by molar-refractivity contribution is 0.625. The molecule has 0 saturated heterocycles. The molecule has 1 heterocycles. The molecule has 0 radical (unpaired) electrons. The number of hydrogen-bond acceptors (Lipinski definition) is 1. The first-order valence-electron chi connectivity index (χ1n) is 4.70. The lowest BCUT2D eigenvalue weighted by atomic mass is 10.2. The standard InChI is InChI=1S/C11H13FN2/c1-13-5-7-14-6-4-9-2-3-10(12)8-11(9)14/h2-4,6,8,13H,5,7H2,1H3. The highest BCUT2D eigenvalue weighted by Crippen LogP contribution is 2.16. The highest BCUT2D eigenvalue weighted by Gasteiger charge is 2.01. The molecule has 0 aliphatic carbocycles. The molecule has 2 aromatic rings. The smallest absolute Gasteiger partial charge is 0.125 e. The number of likely N-dealkylation sites (N-methyl/N-ethyl adjacent to an activating group) is 1. The van der Waals surface area contributed by atoms with Crippen LogP contribution in [0.4, 0.5) is 4.39 Å². The van der Waals surface area contributed by atoms with E-state index in [1.165, 1.54) is 6.07 Å². The van der Waals surface area contributed by atoms with Crippen molar-refractivity contribution in [3.8, 4) is 0 Å². The monoisotopic (exact) mass is 192 g/mol. The summed E-state index contributed by atoms with van der Waals surface area (Å²) in [5.41, 5.74) is 0.959. The van der Waals surface area contributed by atoms with E-state index >= 15 is 0 Å². The fourth-order valence-electron chi connectivity index (χ4n) is 1.58. The minimum Gasteiger partial charge on any atom is -0.346 e. The molecule has 2 nitrogen and oxygen atoms in total. The van der Waals surface area contributed by atoms with Gasteiger partial charge in [0.25, 0.3) is 0 Å². The Kier molecular flexibility index (Phi) is 2.50. The maximum Gasteiger partial charge on any atom is 0.125 e. The van der Waals surface area contributed by atoms with E-state index < -0.39 is 0 Å². The van der Waals surface area contributed by atoms with Crippen LogP contribution in [-0.2, 0) is 6.54 Å². The second-order valence-electron chi connectivity index (χ2n) is 3.32. The number of nitrogens with one attached hydrogen (secondary N) is 1. The average Bonchev–Trinajstić information content (AvgIpc) is 2.57. The Bertz CT molecular complexity index is 434. The van der Waals surface area contributed by atoms with Gasteiger partial charge in [-0.05, 0) is 36.7 Å². The SMILES string of the molecule is CNCCn1ccc2ccc(F)cc21. The van der Waals surface area contributed by atoms with E-state index in [4.69, 9.17) is 0 Å². The molecule has 0 spiro atoms. The van der Waals surface area contributed by atoms with Crippen molar-refractivity contribution in [3.63, 3.8) is 0 Å². The number of hydrogen-bond donors (Lipinski definition) is 1. The Morgan fingerprint density at radius 1 is 1.36 bits per heavy atom. The first-order chi connectivity index (χ1) is 6.81. The van der Waals surface area contributed by atoms with E-state index in [1.807, 2.05) is 19.3 Å². The topological polar surface area (TPSA) is 17.0 Å². The van der Waals surface area contributed by atoms with Crippen molar-refractivity contribution >= 4 is 10.9 Å². The van der Waals surface area contributed by atoms with E-state index in [0.717, 1.165) is 24.0 Å². The third-order valence-corrected chi connectivity index (χ3v) is 2.34. The molecule has 0 amide bonds. The molecule has 74 valence electrons. The number of fused-ring (bicyclic) bond motifs is 1. The van der Waals surface area contributed by atoms with Crippen LogP contribution in [0, 0.1) is 5.82 Å². The molecule has 14 heavy (non-hydrogen) atoms. The highest BCUT2D eigenvalue weighted by atomic mass is 19.1. The van der Waals surface area contributed by atoms with Crippen molar-refractivity contribution in [2.45, 2.75) is 6.54 Å². The zero-order valence-electron chi connectivity index (χ0n) is 8.13. The summed E-state index contributed by atoms with van der Waals surface area (Å²) in [5, 5.41) is 4.16. The minimum absolute atomic E-state index is 0.179. The van der Waals surface area contributed by atoms with Crippen LogP contribution >= 0.6 is 0 Å². The van der Waals surface area contributed by atoms with Crippen LogP contribution in [0.2, 0.25) is 0 Å². The number of nitrogens with zero attached hydrogens (tertiary/aromatic N) is 1. The molecule has 0 bridgehead atoms. The predicted molar refractivity (Wildman–Crippen MR) is 55.8 cm³/mol. The maximum atomic E-state index is 13.0. The summed E-state index contributed by atoms with van der Waals surface area (Å²) in [6.07, 6.45) is 1.99. The summed E-state index contributed by atoms with van der Waals surface area (Å²) in [6, 6.07) is 6.88. The highest BCUT2D eigenvalue weighted by molar-refractivity contribution is 5.80. The van der Waals surface area contributed by atoms with Gasteiger partial charge in [-0.1, -0.05) is 0 Å². The summed E-state index contributed by atoms with van der Waals surface area (Å²) in [6.45, 7) is 1.75. The molecule has 0 fully saturated rings. The Morgan fingerprint density at radius 2 is 2.21 bits per heavy atom.